The van der Waals surface area contributed by atoms with Gasteiger partial charge in [-0.2, -0.15) is 13.2 Å². The Morgan fingerprint density at radius 3 is 2.27 bits per heavy atom. The Balaban J connectivity index is 0.000000479. The number of carbonyl (C=O) groups excluding carboxylic acids is 1. The first kappa shape index (κ1) is 27.4. The van der Waals surface area contributed by atoms with E-state index in [1.165, 1.54) is 6.07 Å². The minimum absolute atomic E-state index is 0.0811. The highest BCUT2D eigenvalue weighted by molar-refractivity contribution is 5.93. The molecule has 0 radical (unpaired) electrons. The summed E-state index contributed by atoms with van der Waals surface area (Å²) in [6.45, 7) is 1.92. The Hall–Kier alpha value is -4.19. The van der Waals surface area contributed by atoms with Gasteiger partial charge < -0.3 is 20.6 Å². The SMILES string of the molecule is O=C(Nc1ccc2ccccc2c1)N1CCC(NCc2cccc([N+](=O)[O-])c2)CC1.O=C(O)C(F)(F)F. The number of hydrogen-bond acceptors (Lipinski definition) is 5. The highest BCUT2D eigenvalue weighted by atomic mass is 19.4. The normalized spacial score (nSPS) is 14.0. The number of carbonyl (C=O) groups is 2. The molecular formula is C25H25F3N4O5. The van der Waals surface area contributed by atoms with Crippen LogP contribution in [0.2, 0.25) is 0 Å². The number of carboxylic acid groups (broad SMARTS) is 1. The summed E-state index contributed by atoms with van der Waals surface area (Å²) in [4.78, 5) is 33.9. The number of carboxylic acids is 1. The fourth-order valence-electron chi connectivity index (χ4n) is 3.80. The number of hydrogen-bond donors (Lipinski definition) is 3. The molecule has 2 amide bonds. The van der Waals surface area contributed by atoms with Gasteiger partial charge in [-0.1, -0.05) is 42.5 Å². The van der Waals surface area contributed by atoms with Crippen molar-refractivity contribution in [2.45, 2.75) is 31.6 Å². The Labute approximate surface area is 210 Å². The zero-order valence-corrected chi connectivity index (χ0v) is 19.6. The minimum Gasteiger partial charge on any atom is -0.475 e. The largest absolute Gasteiger partial charge is 0.490 e. The van der Waals surface area contributed by atoms with E-state index < -0.39 is 12.1 Å². The topological polar surface area (TPSA) is 125 Å². The van der Waals surface area contributed by atoms with Crippen molar-refractivity contribution < 1.29 is 32.8 Å². The number of anilines is 1. The monoisotopic (exact) mass is 518 g/mol. The lowest BCUT2D eigenvalue weighted by Crippen LogP contribution is -2.46. The maximum atomic E-state index is 12.6. The molecule has 3 N–H and O–H groups in total. The number of piperidine rings is 1. The van der Waals surface area contributed by atoms with E-state index in [-0.39, 0.29) is 22.7 Å². The zero-order valence-electron chi connectivity index (χ0n) is 19.6. The Kier molecular flexibility index (Phi) is 9.01. The fraction of sp³-hybridized carbons (Fsp3) is 0.280. The fourth-order valence-corrected chi connectivity index (χ4v) is 3.80. The van der Waals surface area contributed by atoms with E-state index in [0.29, 0.717) is 19.6 Å². The molecule has 3 aromatic carbocycles. The number of amides is 2. The molecule has 0 unspecified atom stereocenters. The summed E-state index contributed by atoms with van der Waals surface area (Å²) in [6, 6.07) is 20.9. The number of likely N-dealkylation sites (tertiary alicyclic amines) is 1. The van der Waals surface area contributed by atoms with Gasteiger partial charge in [0.15, 0.2) is 0 Å². The van der Waals surface area contributed by atoms with Crippen molar-refractivity contribution in [3.8, 4) is 0 Å². The van der Waals surface area contributed by atoms with Crippen LogP contribution in [0.4, 0.5) is 29.3 Å². The van der Waals surface area contributed by atoms with Gasteiger partial charge in [0.25, 0.3) is 5.69 Å². The predicted molar refractivity (Wildman–Crippen MR) is 131 cm³/mol. The Morgan fingerprint density at radius 1 is 1.00 bits per heavy atom. The molecule has 0 aliphatic carbocycles. The molecule has 0 bridgehead atoms. The van der Waals surface area contributed by atoms with Crippen LogP contribution in [0, 0.1) is 10.1 Å². The smallest absolute Gasteiger partial charge is 0.475 e. The molecule has 196 valence electrons. The van der Waals surface area contributed by atoms with Gasteiger partial charge >= 0.3 is 18.2 Å². The molecule has 1 saturated heterocycles. The van der Waals surface area contributed by atoms with Gasteiger partial charge in [0, 0.05) is 43.5 Å². The van der Waals surface area contributed by atoms with Crippen LogP contribution >= 0.6 is 0 Å². The van der Waals surface area contributed by atoms with Gasteiger partial charge in [0.05, 0.1) is 4.92 Å². The molecule has 4 rings (SSSR count). The van der Waals surface area contributed by atoms with Crippen LogP contribution in [0.5, 0.6) is 0 Å². The van der Waals surface area contributed by atoms with E-state index in [1.807, 2.05) is 53.4 Å². The number of halogens is 3. The molecule has 1 fully saturated rings. The van der Waals surface area contributed by atoms with Crippen molar-refractivity contribution in [2.24, 2.45) is 0 Å². The number of fused-ring (bicyclic) bond motifs is 1. The van der Waals surface area contributed by atoms with Crippen LogP contribution in [0.25, 0.3) is 10.8 Å². The van der Waals surface area contributed by atoms with E-state index in [2.05, 4.69) is 10.6 Å². The van der Waals surface area contributed by atoms with Gasteiger partial charge in [0.2, 0.25) is 0 Å². The van der Waals surface area contributed by atoms with Gasteiger partial charge in [-0.05, 0) is 41.3 Å². The van der Waals surface area contributed by atoms with Crippen LogP contribution in [0.15, 0.2) is 66.7 Å². The van der Waals surface area contributed by atoms with E-state index in [4.69, 9.17) is 9.90 Å². The number of benzene rings is 3. The summed E-state index contributed by atoms with van der Waals surface area (Å²) in [5.74, 6) is -2.76. The van der Waals surface area contributed by atoms with Gasteiger partial charge in [-0.3, -0.25) is 10.1 Å². The summed E-state index contributed by atoms with van der Waals surface area (Å²) in [5, 5.41) is 26.7. The van der Waals surface area contributed by atoms with Gasteiger partial charge in [0.1, 0.15) is 0 Å². The van der Waals surface area contributed by atoms with E-state index in [9.17, 15) is 28.1 Å². The summed E-state index contributed by atoms with van der Waals surface area (Å²) in [6.07, 6.45) is -3.39. The van der Waals surface area contributed by atoms with Crippen molar-refractivity contribution in [3.05, 3.63) is 82.4 Å². The summed E-state index contributed by atoms with van der Waals surface area (Å²) >= 11 is 0. The van der Waals surface area contributed by atoms with Crippen LogP contribution in [-0.4, -0.2) is 52.2 Å². The maximum absolute atomic E-state index is 12.6. The van der Waals surface area contributed by atoms with Gasteiger partial charge in [-0.15, -0.1) is 0 Å². The van der Waals surface area contributed by atoms with E-state index in [1.54, 1.807) is 12.1 Å². The van der Waals surface area contributed by atoms with Crippen molar-refractivity contribution in [2.75, 3.05) is 18.4 Å². The van der Waals surface area contributed by atoms with Crippen molar-refractivity contribution in [1.82, 2.24) is 10.2 Å². The molecule has 0 atom stereocenters. The molecule has 37 heavy (non-hydrogen) atoms. The molecule has 0 aromatic heterocycles. The lowest BCUT2D eigenvalue weighted by Gasteiger charge is -2.32. The second-order valence-corrected chi connectivity index (χ2v) is 8.36. The second-order valence-electron chi connectivity index (χ2n) is 8.36. The molecule has 1 heterocycles. The molecular weight excluding hydrogens is 493 g/mol. The third-order valence-electron chi connectivity index (χ3n) is 5.74. The third-order valence-corrected chi connectivity index (χ3v) is 5.74. The summed E-state index contributed by atoms with van der Waals surface area (Å²) in [7, 11) is 0. The number of rotatable bonds is 5. The number of non-ortho nitro benzene ring substituents is 1. The minimum atomic E-state index is -5.08. The highest BCUT2D eigenvalue weighted by Gasteiger charge is 2.38. The highest BCUT2D eigenvalue weighted by Crippen LogP contribution is 2.20. The molecule has 12 heteroatoms. The van der Waals surface area contributed by atoms with Crippen molar-refractivity contribution >= 4 is 34.1 Å². The van der Waals surface area contributed by atoms with Crippen LogP contribution in [0.1, 0.15) is 18.4 Å². The van der Waals surface area contributed by atoms with Crippen LogP contribution < -0.4 is 10.6 Å². The lowest BCUT2D eigenvalue weighted by molar-refractivity contribution is -0.384. The third kappa shape index (κ3) is 8.17. The lowest BCUT2D eigenvalue weighted by atomic mass is 10.0. The van der Waals surface area contributed by atoms with Crippen molar-refractivity contribution in [3.63, 3.8) is 0 Å². The second kappa shape index (κ2) is 12.2. The van der Waals surface area contributed by atoms with Crippen molar-refractivity contribution in [1.29, 1.82) is 0 Å². The first-order valence-corrected chi connectivity index (χ1v) is 11.3. The van der Waals surface area contributed by atoms with E-state index >= 15 is 0 Å². The molecule has 3 aromatic rings. The number of alkyl halides is 3. The molecule has 0 spiro atoms. The zero-order chi connectivity index (χ0) is 27.0. The number of nitro benzene ring substituents is 1. The predicted octanol–water partition coefficient (Wildman–Crippen LogP) is 5.17. The molecule has 9 nitrogen and oxygen atoms in total. The molecule has 1 aliphatic heterocycles. The molecule has 1 aliphatic rings. The first-order chi connectivity index (χ1) is 17.5. The molecule has 0 saturated carbocycles. The van der Waals surface area contributed by atoms with Crippen LogP contribution in [-0.2, 0) is 11.3 Å². The number of nitrogens with zero attached hydrogens (tertiary/aromatic N) is 2. The average molecular weight is 518 g/mol. The average Bonchev–Trinajstić information content (AvgIpc) is 2.87. The number of nitro groups is 1. The maximum Gasteiger partial charge on any atom is 0.490 e. The van der Waals surface area contributed by atoms with Crippen LogP contribution in [0.3, 0.4) is 0 Å². The number of nitrogens with one attached hydrogen (secondary N) is 2. The standard InChI is InChI=1S/C23H24N4O3.C2HF3O2/c28-23(25-21-9-8-18-5-1-2-6-19(18)15-21)26-12-10-20(11-13-26)24-16-17-4-3-7-22(14-17)27(29)30;3-2(4,5)1(6)7/h1-9,14-15,20,24H,10-13,16H2,(H,25,28);(H,6,7). The number of aliphatic carboxylic acids is 1. The Morgan fingerprint density at radius 2 is 1.65 bits per heavy atom. The summed E-state index contributed by atoms with van der Waals surface area (Å²) in [5.41, 5.74) is 1.79. The summed E-state index contributed by atoms with van der Waals surface area (Å²) < 4.78 is 31.7. The van der Waals surface area contributed by atoms with Gasteiger partial charge in [-0.25, -0.2) is 9.59 Å². The first-order valence-electron chi connectivity index (χ1n) is 11.3. The quantitative estimate of drug-likeness (QED) is 0.316. The Bertz CT molecular complexity index is 1260. The van der Waals surface area contributed by atoms with E-state index in [0.717, 1.165) is 34.9 Å². The number of urea groups is 1.